The smallest absolute Gasteiger partial charge is 0.220 e. The molecule has 26 heavy (non-hydrogen) atoms. The second-order valence-electron chi connectivity index (χ2n) is 6.93. The van der Waals surface area contributed by atoms with Crippen molar-refractivity contribution in [2.24, 2.45) is 5.73 Å². The molecule has 1 amide bonds. The number of rotatable bonds is 7. The number of hydrogen-bond acceptors (Lipinski definition) is 2. The maximum Gasteiger partial charge on any atom is 0.220 e. The van der Waals surface area contributed by atoms with Crippen molar-refractivity contribution in [3.8, 4) is 0 Å². The molecule has 0 spiro atoms. The molecule has 0 fully saturated rings. The fraction of sp³-hybridized carbons (Fsp3) is 0.261. The molecule has 0 aliphatic carbocycles. The van der Waals surface area contributed by atoms with Crippen LogP contribution in [0.2, 0.25) is 0 Å². The molecule has 0 saturated carbocycles. The third-order valence-electron chi connectivity index (χ3n) is 5.17. The van der Waals surface area contributed by atoms with Gasteiger partial charge >= 0.3 is 0 Å². The van der Waals surface area contributed by atoms with Gasteiger partial charge in [-0.3, -0.25) is 4.79 Å². The maximum atomic E-state index is 11.9. The molecule has 0 aromatic heterocycles. The molecule has 0 unspecified atom stereocenters. The number of amides is 1. The van der Waals surface area contributed by atoms with E-state index in [2.05, 4.69) is 59.9 Å². The van der Waals surface area contributed by atoms with E-state index >= 15 is 0 Å². The lowest BCUT2D eigenvalue weighted by atomic mass is 9.90. The van der Waals surface area contributed by atoms with E-state index in [0.717, 1.165) is 19.3 Å². The van der Waals surface area contributed by atoms with E-state index in [0.29, 0.717) is 19.5 Å². The van der Waals surface area contributed by atoms with E-state index in [1.165, 1.54) is 37.9 Å². The van der Waals surface area contributed by atoms with Crippen LogP contribution in [-0.2, 0) is 11.2 Å². The van der Waals surface area contributed by atoms with E-state index in [1.54, 1.807) is 0 Å². The lowest BCUT2D eigenvalue weighted by Gasteiger charge is -2.14. The van der Waals surface area contributed by atoms with E-state index in [1.807, 2.05) is 0 Å². The molecule has 4 rings (SSSR count). The Morgan fingerprint density at radius 3 is 2.31 bits per heavy atom. The number of carbonyl (C=O) groups is 1. The van der Waals surface area contributed by atoms with Crippen LogP contribution in [0, 0.1) is 0 Å². The topological polar surface area (TPSA) is 55.1 Å². The molecule has 4 aromatic rings. The van der Waals surface area contributed by atoms with Gasteiger partial charge in [-0.15, -0.1) is 0 Å². The molecule has 0 aliphatic rings. The van der Waals surface area contributed by atoms with Crippen LogP contribution in [0.3, 0.4) is 0 Å². The Hall–Kier alpha value is -2.65. The summed E-state index contributed by atoms with van der Waals surface area (Å²) < 4.78 is 0. The summed E-state index contributed by atoms with van der Waals surface area (Å²) in [6.45, 7) is 1.29. The van der Waals surface area contributed by atoms with Crippen LogP contribution >= 0.6 is 0 Å². The Morgan fingerprint density at radius 1 is 0.846 bits per heavy atom. The average molecular weight is 344 g/mol. The minimum atomic E-state index is 0.121. The molecular weight excluding hydrogens is 320 g/mol. The zero-order valence-electron chi connectivity index (χ0n) is 14.9. The number of benzene rings is 4. The van der Waals surface area contributed by atoms with E-state index in [9.17, 15) is 4.79 Å². The standard InChI is InChI=1S/C23H24N2O/c24-14-3-15-25-21(26)7-2-4-16-8-9-19-11-10-17-5-1-6-18-12-13-20(16)23(19)22(17)18/h1,5-6,8-13H,2-4,7,14-15,24H2,(H,25,26). The fourth-order valence-corrected chi connectivity index (χ4v) is 3.87. The van der Waals surface area contributed by atoms with Gasteiger partial charge in [-0.25, -0.2) is 0 Å². The monoisotopic (exact) mass is 344 g/mol. The van der Waals surface area contributed by atoms with Gasteiger partial charge in [-0.05, 0) is 63.7 Å². The quantitative estimate of drug-likeness (QED) is 0.386. The lowest BCUT2D eigenvalue weighted by Crippen LogP contribution is -2.25. The Morgan fingerprint density at radius 2 is 1.54 bits per heavy atom. The largest absolute Gasteiger partial charge is 0.356 e. The minimum Gasteiger partial charge on any atom is -0.356 e. The number of nitrogens with two attached hydrogens (primary N) is 1. The predicted molar refractivity (Wildman–Crippen MR) is 110 cm³/mol. The van der Waals surface area contributed by atoms with Crippen LogP contribution in [0.4, 0.5) is 0 Å². The van der Waals surface area contributed by atoms with E-state index in [4.69, 9.17) is 5.73 Å². The molecule has 0 bridgehead atoms. The van der Waals surface area contributed by atoms with Crippen molar-refractivity contribution in [2.45, 2.75) is 25.7 Å². The highest BCUT2D eigenvalue weighted by Crippen LogP contribution is 2.36. The van der Waals surface area contributed by atoms with Gasteiger partial charge in [-0.2, -0.15) is 0 Å². The van der Waals surface area contributed by atoms with E-state index < -0.39 is 0 Å². The summed E-state index contributed by atoms with van der Waals surface area (Å²) in [4.78, 5) is 11.9. The molecule has 3 N–H and O–H groups in total. The molecule has 0 aliphatic heterocycles. The highest BCUT2D eigenvalue weighted by molar-refractivity contribution is 6.23. The second-order valence-corrected chi connectivity index (χ2v) is 6.93. The molecular formula is C23H24N2O. The van der Waals surface area contributed by atoms with Crippen molar-refractivity contribution in [3.63, 3.8) is 0 Å². The van der Waals surface area contributed by atoms with Gasteiger partial charge in [0.15, 0.2) is 0 Å². The van der Waals surface area contributed by atoms with Crippen molar-refractivity contribution in [3.05, 3.63) is 60.2 Å². The first-order valence-electron chi connectivity index (χ1n) is 9.40. The van der Waals surface area contributed by atoms with Crippen LogP contribution in [-0.4, -0.2) is 19.0 Å². The zero-order valence-corrected chi connectivity index (χ0v) is 14.9. The Labute approximate surface area is 153 Å². The first-order valence-corrected chi connectivity index (χ1v) is 9.40. The number of aryl methyl sites for hydroxylation is 1. The first-order chi connectivity index (χ1) is 12.8. The molecule has 0 heterocycles. The van der Waals surface area contributed by atoms with Crippen molar-refractivity contribution in [1.29, 1.82) is 0 Å². The molecule has 0 saturated heterocycles. The number of carbonyl (C=O) groups excluding carboxylic acids is 1. The summed E-state index contributed by atoms with van der Waals surface area (Å²) in [5, 5.41) is 10.8. The third kappa shape index (κ3) is 3.11. The van der Waals surface area contributed by atoms with Gasteiger partial charge in [0.1, 0.15) is 0 Å². The summed E-state index contributed by atoms with van der Waals surface area (Å²) in [7, 11) is 0. The Bertz CT molecular complexity index is 1040. The van der Waals surface area contributed by atoms with Gasteiger partial charge < -0.3 is 11.1 Å². The normalized spacial score (nSPS) is 11.6. The SMILES string of the molecule is NCCCNC(=O)CCCc1ccc2ccc3cccc4ccc1c2c34. The molecule has 3 heteroatoms. The summed E-state index contributed by atoms with van der Waals surface area (Å²) in [6, 6.07) is 19.8. The molecule has 0 atom stereocenters. The average Bonchev–Trinajstić information content (AvgIpc) is 2.67. The van der Waals surface area contributed by atoms with Crippen molar-refractivity contribution >= 4 is 38.2 Å². The van der Waals surface area contributed by atoms with Crippen molar-refractivity contribution in [2.75, 3.05) is 13.1 Å². The van der Waals surface area contributed by atoms with Gasteiger partial charge in [0.05, 0.1) is 0 Å². The predicted octanol–water partition coefficient (Wildman–Crippen LogP) is 4.37. The maximum absolute atomic E-state index is 11.9. The lowest BCUT2D eigenvalue weighted by molar-refractivity contribution is -0.121. The summed E-state index contributed by atoms with van der Waals surface area (Å²) >= 11 is 0. The summed E-state index contributed by atoms with van der Waals surface area (Å²) in [5.41, 5.74) is 6.78. The number of hydrogen-bond donors (Lipinski definition) is 2. The van der Waals surface area contributed by atoms with Crippen LogP contribution in [0.25, 0.3) is 32.3 Å². The highest BCUT2D eigenvalue weighted by Gasteiger charge is 2.11. The fourth-order valence-electron chi connectivity index (χ4n) is 3.87. The van der Waals surface area contributed by atoms with Crippen LogP contribution in [0.15, 0.2) is 54.6 Å². The van der Waals surface area contributed by atoms with Crippen LogP contribution < -0.4 is 11.1 Å². The Kier molecular flexibility index (Phi) is 4.72. The molecule has 4 aromatic carbocycles. The first kappa shape index (κ1) is 16.8. The summed E-state index contributed by atoms with van der Waals surface area (Å²) in [6.07, 6.45) is 3.17. The van der Waals surface area contributed by atoms with Gasteiger partial charge in [0.2, 0.25) is 5.91 Å². The van der Waals surface area contributed by atoms with Crippen molar-refractivity contribution < 1.29 is 4.79 Å². The molecule has 132 valence electrons. The van der Waals surface area contributed by atoms with Gasteiger partial charge in [0.25, 0.3) is 0 Å². The highest BCUT2D eigenvalue weighted by atomic mass is 16.1. The third-order valence-corrected chi connectivity index (χ3v) is 5.17. The molecule has 3 nitrogen and oxygen atoms in total. The van der Waals surface area contributed by atoms with Gasteiger partial charge in [0, 0.05) is 13.0 Å². The van der Waals surface area contributed by atoms with Gasteiger partial charge in [-0.1, -0.05) is 54.6 Å². The minimum absolute atomic E-state index is 0.121. The zero-order chi connectivity index (χ0) is 17.9. The number of nitrogens with one attached hydrogen (secondary N) is 1. The van der Waals surface area contributed by atoms with E-state index in [-0.39, 0.29) is 5.91 Å². The van der Waals surface area contributed by atoms with Crippen LogP contribution in [0.5, 0.6) is 0 Å². The molecule has 0 radical (unpaired) electrons. The van der Waals surface area contributed by atoms with Crippen molar-refractivity contribution in [1.82, 2.24) is 5.32 Å². The van der Waals surface area contributed by atoms with Crippen LogP contribution in [0.1, 0.15) is 24.8 Å². The summed E-state index contributed by atoms with van der Waals surface area (Å²) in [5.74, 6) is 0.121. The Balaban J connectivity index is 1.59. The second kappa shape index (κ2) is 7.30.